The minimum Gasteiger partial charge on any atom is -0.379 e. The van der Waals surface area contributed by atoms with Crippen LogP contribution in [0.15, 0.2) is 23.1 Å². The smallest absolute Gasteiger partial charge is 0.246 e. The van der Waals surface area contributed by atoms with Crippen LogP contribution >= 0.6 is 0 Å². The van der Waals surface area contributed by atoms with Crippen molar-refractivity contribution in [2.75, 3.05) is 26.3 Å². The quantitative estimate of drug-likeness (QED) is 0.835. The second kappa shape index (κ2) is 6.90. The summed E-state index contributed by atoms with van der Waals surface area (Å²) in [4.78, 5) is 0.333. The third-order valence-corrected chi connectivity index (χ3v) is 6.86. The van der Waals surface area contributed by atoms with Gasteiger partial charge in [-0.25, -0.2) is 8.42 Å². The van der Waals surface area contributed by atoms with E-state index >= 15 is 0 Å². The lowest BCUT2D eigenvalue weighted by Crippen LogP contribution is -2.41. The Kier molecular flexibility index (Phi) is 4.99. The Morgan fingerprint density at radius 3 is 2.48 bits per heavy atom. The molecule has 0 amide bonds. The van der Waals surface area contributed by atoms with E-state index in [-0.39, 0.29) is 0 Å². The first-order valence-corrected chi connectivity index (χ1v) is 9.92. The summed E-state index contributed by atoms with van der Waals surface area (Å²) < 4.78 is 34.6. The van der Waals surface area contributed by atoms with Crippen LogP contribution in [-0.4, -0.2) is 48.8 Å². The topological polar surface area (TPSA) is 64.4 Å². The van der Waals surface area contributed by atoms with E-state index in [0.717, 1.165) is 5.56 Å². The fourth-order valence-electron chi connectivity index (χ4n) is 3.26. The van der Waals surface area contributed by atoms with Gasteiger partial charge in [-0.1, -0.05) is 23.8 Å². The maximum atomic E-state index is 13.0. The maximum Gasteiger partial charge on any atom is 0.246 e. The van der Waals surface area contributed by atoms with Crippen molar-refractivity contribution >= 4 is 10.0 Å². The van der Waals surface area contributed by atoms with E-state index in [4.69, 9.17) is 4.74 Å². The monoisotopic (exact) mass is 363 g/mol. The second-order valence-corrected chi connectivity index (χ2v) is 8.48. The molecule has 136 valence electrons. The highest BCUT2D eigenvalue weighted by molar-refractivity contribution is 7.89. The molecule has 1 saturated heterocycles. The van der Waals surface area contributed by atoms with Gasteiger partial charge < -0.3 is 4.74 Å². The van der Waals surface area contributed by atoms with E-state index in [9.17, 15) is 8.42 Å². The van der Waals surface area contributed by atoms with Crippen LogP contribution in [0.1, 0.15) is 28.1 Å². The highest BCUT2D eigenvalue weighted by Gasteiger charge is 2.32. The zero-order valence-electron chi connectivity index (χ0n) is 15.2. The summed E-state index contributed by atoms with van der Waals surface area (Å²) in [5.41, 5.74) is 4.75. The van der Waals surface area contributed by atoms with Crippen LogP contribution in [0.2, 0.25) is 0 Å². The molecule has 1 fully saturated rings. The first-order valence-electron chi connectivity index (χ1n) is 8.48. The molecule has 0 aliphatic carbocycles. The lowest BCUT2D eigenvalue weighted by Gasteiger charge is -2.26. The normalized spacial score (nSPS) is 16.3. The number of nitrogens with zero attached hydrogens (tertiary/aromatic N) is 3. The van der Waals surface area contributed by atoms with Crippen molar-refractivity contribution in [3.05, 3.63) is 46.3 Å². The molecule has 7 heteroatoms. The fraction of sp³-hybridized carbons (Fsp3) is 0.500. The number of hydrogen-bond donors (Lipinski definition) is 0. The van der Waals surface area contributed by atoms with Gasteiger partial charge in [0, 0.05) is 13.1 Å². The molecule has 3 rings (SSSR count). The molecule has 0 radical (unpaired) electrons. The van der Waals surface area contributed by atoms with Crippen molar-refractivity contribution in [1.29, 1.82) is 0 Å². The fourth-order valence-corrected chi connectivity index (χ4v) is 5.04. The Morgan fingerprint density at radius 1 is 1.12 bits per heavy atom. The van der Waals surface area contributed by atoms with Gasteiger partial charge in [-0.15, -0.1) is 0 Å². The van der Waals surface area contributed by atoms with Gasteiger partial charge in [0.1, 0.15) is 4.90 Å². The lowest BCUT2D eigenvalue weighted by molar-refractivity contribution is 0.0730. The predicted octanol–water partition coefficient (Wildman–Crippen LogP) is 2.19. The first kappa shape index (κ1) is 18.1. The molecule has 2 aromatic rings. The lowest BCUT2D eigenvalue weighted by atomic mass is 10.1. The largest absolute Gasteiger partial charge is 0.379 e. The molecule has 0 bridgehead atoms. The maximum absolute atomic E-state index is 13.0. The highest BCUT2D eigenvalue weighted by atomic mass is 32.2. The summed E-state index contributed by atoms with van der Waals surface area (Å²) in [6.07, 6.45) is 0. The van der Waals surface area contributed by atoms with Gasteiger partial charge in [-0.05, 0) is 38.8 Å². The average molecular weight is 363 g/mol. The summed E-state index contributed by atoms with van der Waals surface area (Å²) in [6.45, 7) is 9.94. The molecule has 1 aliphatic heterocycles. The molecule has 0 N–H and O–H groups in total. The second-order valence-electron chi connectivity index (χ2n) is 6.60. The number of ether oxygens (including phenoxy) is 1. The molecule has 1 aliphatic rings. The van der Waals surface area contributed by atoms with Gasteiger partial charge in [-0.2, -0.15) is 9.40 Å². The molecule has 0 saturated carbocycles. The molecule has 6 nitrogen and oxygen atoms in total. The summed E-state index contributed by atoms with van der Waals surface area (Å²) in [5.74, 6) is 0. The number of aromatic nitrogens is 2. The average Bonchev–Trinajstić information content (AvgIpc) is 2.86. The van der Waals surface area contributed by atoms with Gasteiger partial charge in [0.15, 0.2) is 0 Å². The van der Waals surface area contributed by atoms with Crippen LogP contribution < -0.4 is 0 Å². The van der Waals surface area contributed by atoms with Crippen molar-refractivity contribution in [2.45, 2.75) is 39.1 Å². The predicted molar refractivity (Wildman–Crippen MR) is 96.3 cm³/mol. The van der Waals surface area contributed by atoms with Crippen molar-refractivity contribution in [3.63, 3.8) is 0 Å². The van der Waals surface area contributed by atoms with Crippen molar-refractivity contribution in [2.24, 2.45) is 0 Å². The summed E-state index contributed by atoms with van der Waals surface area (Å²) in [7, 11) is -3.54. The molecule has 25 heavy (non-hydrogen) atoms. The Morgan fingerprint density at radius 2 is 1.80 bits per heavy atom. The Balaban J connectivity index is 1.97. The number of aryl methyl sites for hydroxylation is 3. The van der Waals surface area contributed by atoms with Crippen molar-refractivity contribution < 1.29 is 13.2 Å². The van der Waals surface area contributed by atoms with Crippen LogP contribution in [0, 0.1) is 27.7 Å². The zero-order chi connectivity index (χ0) is 18.2. The zero-order valence-corrected chi connectivity index (χ0v) is 16.1. The van der Waals surface area contributed by atoms with Crippen LogP contribution in [0.5, 0.6) is 0 Å². The Labute approximate surface area is 149 Å². The molecule has 0 unspecified atom stereocenters. The minimum absolute atomic E-state index is 0.333. The summed E-state index contributed by atoms with van der Waals surface area (Å²) in [6, 6.07) is 6.29. The van der Waals surface area contributed by atoms with Gasteiger partial charge in [-0.3, -0.25) is 4.68 Å². The minimum atomic E-state index is -3.54. The van der Waals surface area contributed by atoms with Gasteiger partial charge in [0.25, 0.3) is 0 Å². The number of hydrogen-bond acceptors (Lipinski definition) is 4. The van der Waals surface area contributed by atoms with Crippen LogP contribution in [-0.2, 0) is 21.3 Å². The Hall–Kier alpha value is -1.70. The molecule has 1 aromatic carbocycles. The van der Waals surface area contributed by atoms with Crippen LogP contribution in [0.3, 0.4) is 0 Å². The van der Waals surface area contributed by atoms with Crippen molar-refractivity contribution in [3.8, 4) is 0 Å². The number of benzene rings is 1. The summed E-state index contributed by atoms with van der Waals surface area (Å²) in [5, 5.41) is 4.52. The highest BCUT2D eigenvalue weighted by Crippen LogP contribution is 2.25. The third-order valence-electron chi connectivity index (χ3n) is 4.71. The van der Waals surface area contributed by atoms with E-state index in [1.807, 2.05) is 6.92 Å². The van der Waals surface area contributed by atoms with E-state index in [1.165, 1.54) is 15.4 Å². The number of rotatable bonds is 4. The van der Waals surface area contributed by atoms with Crippen molar-refractivity contribution in [1.82, 2.24) is 14.1 Å². The standard InChI is InChI=1S/C18H25N3O3S/c1-13-5-6-14(2)17(11-13)12-21-16(4)18(15(3)19-21)25(22,23)20-7-9-24-10-8-20/h5-6,11H,7-10,12H2,1-4H3. The first-order chi connectivity index (χ1) is 11.8. The molecule has 0 atom stereocenters. The van der Waals surface area contributed by atoms with E-state index < -0.39 is 10.0 Å². The van der Waals surface area contributed by atoms with Gasteiger partial charge >= 0.3 is 0 Å². The molecule has 0 spiro atoms. The summed E-state index contributed by atoms with van der Waals surface area (Å²) >= 11 is 0. The van der Waals surface area contributed by atoms with Crippen LogP contribution in [0.25, 0.3) is 0 Å². The van der Waals surface area contributed by atoms with E-state index in [1.54, 1.807) is 11.6 Å². The van der Waals surface area contributed by atoms with E-state index in [0.29, 0.717) is 49.1 Å². The number of morpholine rings is 1. The van der Waals surface area contributed by atoms with E-state index in [2.05, 4.69) is 37.1 Å². The molecular weight excluding hydrogens is 338 g/mol. The molecule has 2 heterocycles. The van der Waals surface area contributed by atoms with Gasteiger partial charge in [0.05, 0.1) is 31.1 Å². The number of sulfonamides is 1. The Bertz CT molecular complexity index is 881. The van der Waals surface area contributed by atoms with Gasteiger partial charge in [0.2, 0.25) is 10.0 Å². The molecule has 1 aromatic heterocycles. The molecular formula is C18H25N3O3S. The third kappa shape index (κ3) is 3.49. The van der Waals surface area contributed by atoms with Crippen LogP contribution in [0.4, 0.5) is 0 Å². The SMILES string of the molecule is Cc1ccc(C)c(Cn2nc(C)c(S(=O)(=O)N3CCOCC3)c2C)c1.